The number of pyridine rings is 1. The van der Waals surface area contributed by atoms with Crippen LogP contribution in [-0.2, 0) is 6.54 Å². The van der Waals surface area contributed by atoms with Crippen LogP contribution in [0.15, 0.2) is 29.0 Å². The molecule has 2 aliphatic heterocycles. The molecule has 6 heteroatoms. The number of aromatic nitrogens is 3. The van der Waals surface area contributed by atoms with Crippen molar-refractivity contribution in [2.24, 2.45) is 5.92 Å². The first kappa shape index (κ1) is 16.7. The summed E-state index contributed by atoms with van der Waals surface area (Å²) in [6.07, 6.45) is 10.3. The first-order valence-electron chi connectivity index (χ1n) is 9.45. The van der Waals surface area contributed by atoms with Gasteiger partial charge in [0.15, 0.2) is 0 Å². The first-order chi connectivity index (χ1) is 12.3. The molecule has 0 bridgehead atoms. The van der Waals surface area contributed by atoms with E-state index < -0.39 is 0 Å². The Kier molecular flexibility index (Phi) is 5.08. The van der Waals surface area contributed by atoms with Gasteiger partial charge in [0.1, 0.15) is 0 Å². The summed E-state index contributed by atoms with van der Waals surface area (Å²) in [7, 11) is 2.16. The summed E-state index contributed by atoms with van der Waals surface area (Å²) < 4.78 is 5.45. The topological polar surface area (TPSA) is 58.3 Å². The van der Waals surface area contributed by atoms with Gasteiger partial charge in [-0.25, -0.2) is 0 Å². The van der Waals surface area contributed by atoms with Crippen LogP contribution in [0.5, 0.6) is 0 Å². The molecule has 25 heavy (non-hydrogen) atoms. The molecule has 2 aromatic heterocycles. The molecule has 0 spiro atoms. The van der Waals surface area contributed by atoms with E-state index in [1.54, 1.807) is 12.4 Å². The minimum atomic E-state index is 0.641. The highest BCUT2D eigenvalue weighted by atomic mass is 16.5. The fraction of sp³-hybridized carbons (Fsp3) is 0.632. The van der Waals surface area contributed by atoms with Gasteiger partial charge in [-0.3, -0.25) is 9.88 Å². The predicted molar refractivity (Wildman–Crippen MR) is 95.8 cm³/mol. The maximum Gasteiger partial charge on any atom is 0.241 e. The molecule has 2 atom stereocenters. The number of fused-ring (bicyclic) bond motifs is 1. The fourth-order valence-corrected chi connectivity index (χ4v) is 4.42. The summed E-state index contributed by atoms with van der Waals surface area (Å²) in [5, 5.41) is 4.10. The molecule has 0 N–H and O–H groups in total. The molecule has 0 saturated carbocycles. The van der Waals surface area contributed by atoms with Crippen LogP contribution in [-0.4, -0.2) is 57.6 Å². The van der Waals surface area contributed by atoms with E-state index >= 15 is 0 Å². The van der Waals surface area contributed by atoms with Crippen molar-refractivity contribution in [1.82, 2.24) is 24.9 Å². The molecule has 134 valence electrons. The predicted octanol–water partition coefficient (Wildman–Crippen LogP) is 2.83. The average Bonchev–Trinajstić information content (AvgIpc) is 3.11. The summed E-state index contributed by atoms with van der Waals surface area (Å²) in [4.78, 5) is 13.6. The van der Waals surface area contributed by atoms with Crippen molar-refractivity contribution in [3.8, 4) is 11.4 Å². The van der Waals surface area contributed by atoms with Crippen LogP contribution in [0.4, 0.5) is 0 Å². The SMILES string of the molecule is CN(Cc1nc(-c2ccncc2)no1)C[C@@H]1CCCN2CCCC[C@H]12. The Morgan fingerprint density at radius 1 is 1.16 bits per heavy atom. The minimum Gasteiger partial charge on any atom is -0.338 e. The molecule has 6 nitrogen and oxygen atoms in total. The maximum absolute atomic E-state index is 5.45. The molecular weight excluding hydrogens is 314 g/mol. The van der Waals surface area contributed by atoms with Gasteiger partial charge in [-0.2, -0.15) is 4.98 Å². The van der Waals surface area contributed by atoms with Gasteiger partial charge in [0, 0.05) is 30.5 Å². The summed E-state index contributed by atoms with van der Waals surface area (Å²) in [5.41, 5.74) is 0.942. The van der Waals surface area contributed by atoms with Crippen LogP contribution < -0.4 is 0 Å². The van der Waals surface area contributed by atoms with Crippen LogP contribution in [0, 0.1) is 5.92 Å². The van der Waals surface area contributed by atoms with Gasteiger partial charge in [-0.1, -0.05) is 11.6 Å². The maximum atomic E-state index is 5.45. The molecule has 0 aliphatic carbocycles. The van der Waals surface area contributed by atoms with Gasteiger partial charge in [-0.15, -0.1) is 0 Å². The Bertz CT molecular complexity index is 671. The molecule has 2 fully saturated rings. The number of nitrogens with zero attached hydrogens (tertiary/aromatic N) is 5. The monoisotopic (exact) mass is 341 g/mol. The van der Waals surface area contributed by atoms with Crippen molar-refractivity contribution in [2.45, 2.75) is 44.7 Å². The first-order valence-corrected chi connectivity index (χ1v) is 9.45. The second-order valence-corrected chi connectivity index (χ2v) is 7.45. The van der Waals surface area contributed by atoms with Crippen molar-refractivity contribution in [3.63, 3.8) is 0 Å². The van der Waals surface area contributed by atoms with E-state index in [1.165, 1.54) is 45.2 Å². The third-order valence-electron chi connectivity index (χ3n) is 5.59. The minimum absolute atomic E-state index is 0.641. The van der Waals surface area contributed by atoms with Crippen LogP contribution in [0.25, 0.3) is 11.4 Å². The highest BCUT2D eigenvalue weighted by molar-refractivity contribution is 5.52. The molecule has 4 rings (SSSR count). The Morgan fingerprint density at radius 2 is 2.00 bits per heavy atom. The lowest BCUT2D eigenvalue weighted by Gasteiger charge is -2.45. The van der Waals surface area contributed by atoms with Crippen LogP contribution in [0.1, 0.15) is 38.0 Å². The Hall–Kier alpha value is -1.79. The second-order valence-electron chi connectivity index (χ2n) is 7.45. The summed E-state index contributed by atoms with van der Waals surface area (Å²) in [5.74, 6) is 2.09. The van der Waals surface area contributed by atoms with Crippen molar-refractivity contribution in [2.75, 3.05) is 26.7 Å². The van der Waals surface area contributed by atoms with E-state index in [0.29, 0.717) is 18.3 Å². The lowest BCUT2D eigenvalue weighted by molar-refractivity contribution is 0.0421. The van der Waals surface area contributed by atoms with E-state index in [0.717, 1.165) is 24.1 Å². The number of piperidine rings is 2. The van der Waals surface area contributed by atoms with Crippen molar-refractivity contribution < 1.29 is 4.52 Å². The third kappa shape index (κ3) is 3.90. The molecule has 0 aromatic carbocycles. The molecule has 2 aliphatic rings. The molecular formula is C19H27N5O. The zero-order valence-corrected chi connectivity index (χ0v) is 15.0. The Morgan fingerprint density at radius 3 is 2.88 bits per heavy atom. The van der Waals surface area contributed by atoms with Crippen LogP contribution >= 0.6 is 0 Å². The number of rotatable bonds is 5. The molecule has 2 aromatic rings. The highest BCUT2D eigenvalue weighted by Gasteiger charge is 2.33. The molecule has 0 radical (unpaired) electrons. The molecule has 0 unspecified atom stereocenters. The van der Waals surface area contributed by atoms with Gasteiger partial charge in [0.05, 0.1) is 6.54 Å². The zero-order chi connectivity index (χ0) is 17.1. The van der Waals surface area contributed by atoms with Gasteiger partial charge in [0.25, 0.3) is 0 Å². The summed E-state index contributed by atoms with van der Waals surface area (Å²) >= 11 is 0. The van der Waals surface area contributed by atoms with E-state index in [4.69, 9.17) is 4.52 Å². The average molecular weight is 341 g/mol. The Balaban J connectivity index is 1.36. The molecule has 4 heterocycles. The molecule has 2 saturated heterocycles. The lowest BCUT2D eigenvalue weighted by atomic mass is 9.83. The van der Waals surface area contributed by atoms with Gasteiger partial charge >= 0.3 is 0 Å². The van der Waals surface area contributed by atoms with Crippen molar-refractivity contribution >= 4 is 0 Å². The third-order valence-corrected chi connectivity index (χ3v) is 5.59. The number of hydrogen-bond acceptors (Lipinski definition) is 6. The second kappa shape index (κ2) is 7.62. The van der Waals surface area contributed by atoms with Gasteiger partial charge in [-0.05, 0) is 63.9 Å². The smallest absolute Gasteiger partial charge is 0.241 e. The van der Waals surface area contributed by atoms with Gasteiger partial charge < -0.3 is 9.42 Å². The van der Waals surface area contributed by atoms with Crippen LogP contribution in [0.3, 0.4) is 0 Å². The molecule has 0 amide bonds. The zero-order valence-electron chi connectivity index (χ0n) is 15.0. The van der Waals surface area contributed by atoms with Gasteiger partial charge in [0.2, 0.25) is 11.7 Å². The van der Waals surface area contributed by atoms with E-state index in [1.807, 2.05) is 12.1 Å². The van der Waals surface area contributed by atoms with Crippen LogP contribution in [0.2, 0.25) is 0 Å². The normalized spacial score (nSPS) is 24.4. The standard InChI is InChI=1S/C19H27N5O/c1-23(13-16-5-4-12-24-11-3-2-6-17(16)24)14-18-21-19(22-25-18)15-7-9-20-10-8-15/h7-10,16-17H,2-6,11-14H2,1H3/t16-,17+/m0/s1. The quantitative estimate of drug-likeness (QED) is 0.833. The van der Waals surface area contributed by atoms with Crippen molar-refractivity contribution in [1.29, 1.82) is 0 Å². The Labute approximate surface area is 149 Å². The fourth-order valence-electron chi connectivity index (χ4n) is 4.42. The summed E-state index contributed by atoms with van der Waals surface area (Å²) in [6.45, 7) is 4.41. The van der Waals surface area contributed by atoms with E-state index in [2.05, 4.69) is 32.0 Å². The van der Waals surface area contributed by atoms with E-state index in [9.17, 15) is 0 Å². The van der Waals surface area contributed by atoms with Crippen molar-refractivity contribution in [3.05, 3.63) is 30.4 Å². The highest BCUT2D eigenvalue weighted by Crippen LogP contribution is 2.31. The summed E-state index contributed by atoms with van der Waals surface area (Å²) in [6, 6.07) is 4.58. The number of hydrogen-bond donors (Lipinski definition) is 0. The largest absolute Gasteiger partial charge is 0.338 e. The van der Waals surface area contributed by atoms with E-state index in [-0.39, 0.29) is 0 Å². The lowest BCUT2D eigenvalue weighted by Crippen LogP contribution is -2.50.